The van der Waals surface area contributed by atoms with E-state index < -0.39 is 192 Å². The molecule has 0 aliphatic carbocycles. The van der Waals surface area contributed by atoms with Crippen molar-refractivity contribution in [3.8, 4) is 24.7 Å². The van der Waals surface area contributed by atoms with Gasteiger partial charge in [0.15, 0.2) is 25.2 Å². The Morgan fingerprint density at radius 1 is 0.525 bits per heavy atom. The summed E-state index contributed by atoms with van der Waals surface area (Å²) >= 11 is 0. The molecule has 2 unspecified atom stereocenters. The lowest BCUT2D eigenvalue weighted by Gasteiger charge is -2.49. The monoisotopic (exact) mass is 1720 g/mol. The Morgan fingerprint density at radius 3 is 1.21 bits per heavy atom. The number of aliphatic hydroxyl groups excluding tert-OH is 5. The molecule has 120 heavy (non-hydrogen) atoms. The van der Waals surface area contributed by atoms with Crippen LogP contribution in [-0.4, -0.2) is 367 Å². The van der Waals surface area contributed by atoms with Gasteiger partial charge >= 0.3 is 11.9 Å². The van der Waals surface area contributed by atoms with E-state index in [0.29, 0.717) is 71.6 Å². The largest absolute Gasteiger partial charge is 0.459 e. The maximum Gasteiger partial charge on any atom is 0.311 e. The minimum atomic E-state index is -1.81. The number of terminal acetylenes is 2. The van der Waals surface area contributed by atoms with Crippen molar-refractivity contribution in [1.82, 2.24) is 19.6 Å². The molecule has 0 spiro atoms. The summed E-state index contributed by atoms with van der Waals surface area (Å²) in [6.45, 7) is 39.1. The number of hydrogen-bond donors (Lipinski definition) is 10. The van der Waals surface area contributed by atoms with Gasteiger partial charge in [-0.15, -0.1) is 24.7 Å². The van der Waals surface area contributed by atoms with Gasteiger partial charge in [-0.3, -0.25) is 9.59 Å². The van der Waals surface area contributed by atoms with Gasteiger partial charge in [0.2, 0.25) is 0 Å². The molecule has 11 N–H and O–H groups in total. The van der Waals surface area contributed by atoms with Gasteiger partial charge in [-0.05, 0) is 203 Å². The number of rotatable bonds is 25. The minimum Gasteiger partial charge on any atom is -0.459 e. The summed E-state index contributed by atoms with van der Waals surface area (Å²) < 4.78 is 95.2. The molecule has 0 aromatic rings. The Morgan fingerprint density at radius 2 is 0.892 bits per heavy atom. The van der Waals surface area contributed by atoms with E-state index in [1.165, 1.54) is 13.8 Å². The molecule has 6 rings (SSSR count). The molecule has 36 atom stereocenters. The van der Waals surface area contributed by atoms with E-state index in [1.807, 2.05) is 145 Å². The average molecular weight is 1720 g/mol. The normalized spacial score (nSPS) is 44.3. The Labute approximate surface area is 719 Å². The molecular weight excluding hydrogens is 1550 g/mol. The van der Waals surface area contributed by atoms with Crippen molar-refractivity contribution in [2.75, 3.05) is 109 Å². The van der Waals surface area contributed by atoms with Crippen molar-refractivity contribution in [3.63, 3.8) is 0 Å². The van der Waals surface area contributed by atoms with Crippen molar-refractivity contribution in [3.05, 3.63) is 0 Å². The first-order chi connectivity index (χ1) is 55.8. The highest BCUT2D eigenvalue weighted by molar-refractivity contribution is 5.73. The van der Waals surface area contributed by atoms with Crippen LogP contribution in [0.15, 0.2) is 0 Å². The second kappa shape index (κ2) is 49.0. The summed E-state index contributed by atoms with van der Waals surface area (Å²) in [5.41, 5.74) is -2.70. The third kappa shape index (κ3) is 29.3. The van der Waals surface area contributed by atoms with E-state index in [2.05, 4.69) is 11.8 Å². The fraction of sp³-hybridized carbons (Fsp3) is 0.933. The molecule has 0 aromatic carbocycles. The minimum absolute atomic E-state index is 0.108. The number of nitrogens with two attached hydrogens (primary N) is 1. The summed E-state index contributed by atoms with van der Waals surface area (Å²) in [5.74, 6) is -0.294. The highest BCUT2D eigenvalue weighted by atomic mass is 16.7. The number of likely N-dealkylation sites (N-methyl/N-ethyl adjacent to an activating group) is 4. The number of ether oxygens (including phenoxy) is 15. The molecule has 702 valence electrons. The molecule has 31 heteroatoms. The van der Waals surface area contributed by atoms with E-state index in [1.54, 1.807) is 55.8 Å². The number of methoxy groups -OCH3 is 2. The van der Waals surface area contributed by atoms with Crippen LogP contribution >= 0.6 is 0 Å². The molecule has 6 heterocycles. The Kier molecular flexibility index (Phi) is 44.6. The fourth-order valence-corrected chi connectivity index (χ4v) is 18.9. The topological polar surface area (TPSA) is 394 Å². The summed E-state index contributed by atoms with van der Waals surface area (Å²) in [6, 6.07) is -1.62. The molecule has 0 aromatic heterocycles. The number of nitrogens with zero attached hydrogens (tertiary/aromatic N) is 4. The van der Waals surface area contributed by atoms with Crippen LogP contribution in [-0.2, 0) is 80.6 Å². The van der Waals surface area contributed by atoms with E-state index in [4.69, 9.17) is 94.7 Å². The van der Waals surface area contributed by atoms with Crippen molar-refractivity contribution in [1.29, 1.82) is 0 Å². The molecule has 0 bridgehead atoms. The SMILES string of the molecule is C#CCCO.C#CCCOCCO[C@H]1[C@H](C)O[C@@H](OC2[C@@H](C)C(=O)O[C@H](CC)[C@@](C)(O)[C@H](O)[C@@H](C)N(C)C[C@H](C)C[C@@](C)(O)[C@H](O[C@@H]3O[C@H](C)C[C@H](N(C)C)[C@H]3O)[C@H]2C)C[C@@]1(C)OC.CC[C@H]1OC(=O)[C@H](C)C(O[C@H]2C[C@@](C)(OC)[C@@H](OCCCN)[C@H](C)O2)[C@H](C)[C@@H](O[C@@H]2O[C@H](C)C[C@H](N(C)C)[C@H]2O)[C@](C)(O)C[C@@H](C)CN(C)[C@H](C)[C@@H](O)[C@]1(C)O. The molecule has 0 amide bonds. The highest BCUT2D eigenvalue weighted by Crippen LogP contribution is 2.45. The Balaban J connectivity index is 0.000000477. The summed E-state index contributed by atoms with van der Waals surface area (Å²) in [6.07, 6.45) is -3.01. The van der Waals surface area contributed by atoms with Gasteiger partial charge in [0.1, 0.15) is 60.0 Å². The first-order valence-corrected chi connectivity index (χ1v) is 43.9. The summed E-state index contributed by atoms with van der Waals surface area (Å²) in [7, 11) is 14.5. The molecule has 6 aliphatic rings. The molecular formula is C89H165N5O26. The predicted octanol–water partition coefficient (Wildman–Crippen LogP) is 5.24. The van der Waals surface area contributed by atoms with E-state index in [9.17, 15) is 50.4 Å². The van der Waals surface area contributed by atoms with Crippen LogP contribution < -0.4 is 5.73 Å². The average Bonchev–Trinajstić information content (AvgIpc) is 0.935. The maximum absolute atomic E-state index is 14.4. The smallest absolute Gasteiger partial charge is 0.311 e. The van der Waals surface area contributed by atoms with Gasteiger partial charge in [0.25, 0.3) is 0 Å². The predicted molar refractivity (Wildman–Crippen MR) is 454 cm³/mol. The van der Waals surface area contributed by atoms with Crippen LogP contribution in [0.1, 0.15) is 209 Å². The van der Waals surface area contributed by atoms with Gasteiger partial charge < -0.3 is 142 Å². The number of cyclic esters (lactones) is 2. The molecule has 0 radical (unpaired) electrons. The first kappa shape index (κ1) is 109. The van der Waals surface area contributed by atoms with Gasteiger partial charge in [0, 0.05) is 95.6 Å². The van der Waals surface area contributed by atoms with Gasteiger partial charge in [-0.2, -0.15) is 0 Å². The fourth-order valence-electron chi connectivity index (χ4n) is 18.9. The molecule has 6 saturated heterocycles. The van der Waals surface area contributed by atoms with Gasteiger partial charge in [0.05, 0.1) is 109 Å². The van der Waals surface area contributed by atoms with Crippen molar-refractivity contribution in [2.45, 2.75) is 390 Å². The zero-order chi connectivity index (χ0) is 91.2. The summed E-state index contributed by atoms with van der Waals surface area (Å²) in [4.78, 5) is 36.5. The zero-order valence-electron chi connectivity index (χ0n) is 78.2. The zero-order valence-corrected chi connectivity index (χ0v) is 78.2. The van der Waals surface area contributed by atoms with Gasteiger partial charge in [-0.25, -0.2) is 0 Å². The molecule has 6 fully saturated rings. The lowest BCUT2D eigenvalue weighted by molar-refractivity contribution is -0.321. The lowest BCUT2D eigenvalue weighted by Crippen LogP contribution is -2.61. The van der Waals surface area contributed by atoms with E-state index in [-0.39, 0.29) is 87.9 Å². The standard InChI is InChI=1S/C44H80N2O13.C41H79N3O12.C4H6O/c1-16-18-19-53-20-21-54-39-31(8)56-34(24-43(39,10)52-15)58-36-28(5)38(59-41-35(47)32(45(12)13)22-27(4)55-41)42(9,50)23-26(3)25-46(14)30(7)37(48)44(11,51)33(17-2)57-40(49)29(36)6;1-15-30-41(10,49)34(46)27(6)44(13)22-23(2)20-39(8,48)35(56-38-32(45)29(43(11)12)19-24(3)52-38)25(4)33(26(5)37(47)54-30)55-31-21-40(9,50-14)36(28(7)53-31)51-18-16-17-42;1-2-3-4-5/h1,26-39,41,47-48,50-51H,17-25H2,2-15H3;23-36,38,45-46,48-49H,15-22,42H2,1-14H3;1,5H,3-4H2/t26-,27-,28+,29-,30-,31+,32+,33-,34+,35-,36?,37-,38-,39+,41+,42-,43-,44-;23-,24-,25+,26-,27-,28+,29+,30-,31+,32-,33?,34-,35-,36+,38+,39-,40-,41-;/m11./s1. The second-order valence-electron chi connectivity index (χ2n) is 37.4. The van der Waals surface area contributed by atoms with Crippen molar-refractivity contribution in [2.24, 2.45) is 41.2 Å². The third-order valence-electron chi connectivity index (χ3n) is 26.1. The number of aliphatic hydroxyl groups is 9. The highest BCUT2D eigenvalue weighted by Gasteiger charge is 2.57. The van der Waals surface area contributed by atoms with Crippen LogP contribution in [0.3, 0.4) is 0 Å². The number of hydrogen-bond acceptors (Lipinski definition) is 31. The third-order valence-corrected chi connectivity index (χ3v) is 26.1. The van der Waals surface area contributed by atoms with Crippen LogP contribution in [0, 0.1) is 60.2 Å². The molecule has 6 aliphatic heterocycles. The van der Waals surface area contributed by atoms with Crippen molar-refractivity contribution >= 4 is 11.9 Å². The first-order valence-electron chi connectivity index (χ1n) is 43.9. The van der Waals surface area contributed by atoms with E-state index in [0.717, 1.165) is 0 Å². The summed E-state index contributed by atoms with van der Waals surface area (Å²) in [5, 5.41) is 103. The lowest BCUT2D eigenvalue weighted by atomic mass is 9.77. The quantitative estimate of drug-likeness (QED) is 0.0317. The Bertz CT molecular complexity index is 3060. The van der Waals surface area contributed by atoms with E-state index >= 15 is 0 Å². The van der Waals surface area contributed by atoms with Crippen LogP contribution in [0.2, 0.25) is 0 Å². The Hall–Kier alpha value is -3.02. The number of carbonyl (C=O) groups excluding carboxylic acids is 2. The molecule has 0 saturated carbocycles. The van der Waals surface area contributed by atoms with Gasteiger partial charge in [-0.1, -0.05) is 41.5 Å². The van der Waals surface area contributed by atoms with Crippen LogP contribution in [0.4, 0.5) is 0 Å². The van der Waals surface area contributed by atoms with Crippen LogP contribution in [0.5, 0.6) is 0 Å². The maximum atomic E-state index is 14.4. The van der Waals surface area contributed by atoms with Crippen molar-refractivity contribution < 1.29 is 127 Å². The van der Waals surface area contributed by atoms with Crippen LogP contribution in [0.25, 0.3) is 0 Å². The molecule has 31 nitrogen and oxygen atoms in total. The number of esters is 2. The number of carbonyl (C=O) groups is 2. The second-order valence-corrected chi connectivity index (χ2v) is 37.4.